The minimum absolute atomic E-state index is 0.225. The van der Waals surface area contributed by atoms with Gasteiger partial charge in [-0.2, -0.15) is 4.98 Å². The molecule has 0 aliphatic rings. The molecule has 6 heteroatoms. The normalized spacial score (nSPS) is 10.8. The molecule has 0 saturated heterocycles. The Morgan fingerprint density at radius 1 is 1.58 bits per heavy atom. The number of pyridine rings is 1. The van der Waals surface area contributed by atoms with Gasteiger partial charge in [-0.1, -0.05) is 0 Å². The summed E-state index contributed by atoms with van der Waals surface area (Å²) in [6, 6.07) is 0.983. The predicted molar refractivity (Wildman–Crippen MR) is 42.3 cm³/mol. The van der Waals surface area contributed by atoms with Crippen molar-refractivity contribution in [2.75, 3.05) is 0 Å². The van der Waals surface area contributed by atoms with Crippen molar-refractivity contribution in [3.05, 3.63) is 22.8 Å². The third-order valence-corrected chi connectivity index (χ3v) is 1.69. The van der Waals surface area contributed by atoms with Crippen LogP contribution in [0.3, 0.4) is 0 Å². The van der Waals surface area contributed by atoms with Crippen LogP contribution in [0.5, 0.6) is 5.75 Å². The molecule has 2 aromatic rings. The molecule has 62 valence electrons. The summed E-state index contributed by atoms with van der Waals surface area (Å²) in [7, 11) is 0. The fourth-order valence-electron chi connectivity index (χ4n) is 0.911. The zero-order chi connectivity index (χ0) is 8.72. The van der Waals surface area contributed by atoms with Crippen molar-refractivity contribution in [3.8, 4) is 5.75 Å². The number of rotatable bonds is 0. The van der Waals surface area contributed by atoms with Crippen molar-refractivity contribution in [1.29, 1.82) is 0 Å². The quantitative estimate of drug-likeness (QED) is 0.745. The molecule has 0 bridgehead atoms. The van der Waals surface area contributed by atoms with Crippen LogP contribution in [0.25, 0.3) is 5.65 Å². The van der Waals surface area contributed by atoms with Crippen molar-refractivity contribution >= 4 is 21.6 Å². The Morgan fingerprint density at radius 2 is 2.33 bits per heavy atom. The molecule has 1 N–H and O–H groups in total. The fraction of sp³-hybridized carbons (Fsp3) is 0. The summed E-state index contributed by atoms with van der Waals surface area (Å²) >= 11 is 3.01. The molecule has 0 fully saturated rings. The molecule has 0 amide bonds. The van der Waals surface area contributed by atoms with E-state index in [-0.39, 0.29) is 11.4 Å². The highest BCUT2D eigenvalue weighted by Crippen LogP contribution is 2.18. The largest absolute Gasteiger partial charge is 0.504 e. The standard InChI is InChI=1S/C6H3BrFN3O/c7-6-9-5-4(12)1-3(8)2-11(5)10-6/h1-2,12H. The number of aromatic hydroxyl groups is 1. The maximum atomic E-state index is 12.6. The van der Waals surface area contributed by atoms with Crippen LogP contribution in [-0.2, 0) is 0 Å². The van der Waals surface area contributed by atoms with Crippen LogP contribution in [-0.4, -0.2) is 19.7 Å². The number of halogens is 2. The van der Waals surface area contributed by atoms with Crippen molar-refractivity contribution in [1.82, 2.24) is 14.6 Å². The fourth-order valence-corrected chi connectivity index (χ4v) is 1.25. The lowest BCUT2D eigenvalue weighted by molar-refractivity contribution is 0.469. The maximum Gasteiger partial charge on any atom is 0.218 e. The number of hydrogen-bond acceptors (Lipinski definition) is 3. The topological polar surface area (TPSA) is 50.4 Å². The van der Waals surface area contributed by atoms with E-state index in [1.165, 1.54) is 0 Å². The van der Waals surface area contributed by atoms with E-state index < -0.39 is 5.82 Å². The average Bonchev–Trinajstić information content (AvgIpc) is 2.29. The van der Waals surface area contributed by atoms with Crippen LogP contribution in [0.1, 0.15) is 0 Å². The molecule has 0 atom stereocenters. The second-order valence-corrected chi connectivity index (χ2v) is 2.90. The smallest absolute Gasteiger partial charge is 0.218 e. The third kappa shape index (κ3) is 1.04. The summed E-state index contributed by atoms with van der Waals surface area (Å²) in [4.78, 5) is 3.81. The lowest BCUT2D eigenvalue weighted by atomic mass is 10.4. The first-order valence-corrected chi connectivity index (χ1v) is 3.86. The summed E-state index contributed by atoms with van der Waals surface area (Å²) < 4.78 is 14.1. The van der Waals surface area contributed by atoms with Gasteiger partial charge in [0.2, 0.25) is 4.73 Å². The van der Waals surface area contributed by atoms with Crippen LogP contribution in [0.2, 0.25) is 0 Å². The molecule has 0 aromatic carbocycles. The van der Waals surface area contributed by atoms with E-state index in [0.29, 0.717) is 4.73 Å². The highest BCUT2D eigenvalue weighted by Gasteiger charge is 2.06. The Kier molecular flexibility index (Phi) is 1.50. The highest BCUT2D eigenvalue weighted by molar-refractivity contribution is 9.10. The molecule has 0 aliphatic heterocycles. The summed E-state index contributed by atoms with van der Waals surface area (Å²) in [5.41, 5.74) is 0.225. The number of fused-ring (bicyclic) bond motifs is 1. The maximum absolute atomic E-state index is 12.6. The van der Waals surface area contributed by atoms with E-state index in [4.69, 9.17) is 0 Å². The Balaban J connectivity index is 2.88. The third-order valence-electron chi connectivity index (χ3n) is 1.35. The zero-order valence-corrected chi connectivity index (χ0v) is 7.29. The zero-order valence-electron chi connectivity index (χ0n) is 5.70. The Bertz CT molecular complexity index is 442. The monoisotopic (exact) mass is 231 g/mol. The molecule has 0 spiro atoms. The van der Waals surface area contributed by atoms with Crippen molar-refractivity contribution in [2.45, 2.75) is 0 Å². The molecule has 2 aromatic heterocycles. The summed E-state index contributed by atoms with van der Waals surface area (Å²) in [5, 5.41) is 12.9. The van der Waals surface area contributed by atoms with E-state index in [1.807, 2.05) is 0 Å². The highest BCUT2D eigenvalue weighted by atomic mass is 79.9. The first-order valence-electron chi connectivity index (χ1n) is 3.07. The van der Waals surface area contributed by atoms with Gasteiger partial charge in [0.1, 0.15) is 5.82 Å². The Labute approximate surface area is 74.8 Å². The van der Waals surface area contributed by atoms with Gasteiger partial charge in [0.25, 0.3) is 0 Å². The lowest BCUT2D eigenvalue weighted by Gasteiger charge is -1.93. The Hall–Kier alpha value is -1.17. The van der Waals surface area contributed by atoms with Gasteiger partial charge in [-0.15, -0.1) is 5.10 Å². The summed E-state index contributed by atoms with van der Waals surface area (Å²) in [6.45, 7) is 0. The van der Waals surface area contributed by atoms with Gasteiger partial charge < -0.3 is 5.11 Å². The van der Waals surface area contributed by atoms with Gasteiger partial charge in [-0.05, 0) is 15.9 Å². The van der Waals surface area contributed by atoms with Gasteiger partial charge >= 0.3 is 0 Å². The number of nitrogens with zero attached hydrogens (tertiary/aromatic N) is 3. The molecule has 0 radical (unpaired) electrons. The summed E-state index contributed by atoms with van der Waals surface area (Å²) in [5.74, 6) is -0.786. The number of aromatic nitrogens is 3. The van der Waals surface area contributed by atoms with Gasteiger partial charge in [0.05, 0.1) is 6.20 Å². The average molecular weight is 232 g/mol. The van der Waals surface area contributed by atoms with E-state index in [2.05, 4.69) is 26.0 Å². The van der Waals surface area contributed by atoms with Crippen LogP contribution < -0.4 is 0 Å². The Morgan fingerprint density at radius 3 is 3.08 bits per heavy atom. The van der Waals surface area contributed by atoms with Gasteiger partial charge in [-0.3, -0.25) is 0 Å². The second kappa shape index (κ2) is 2.41. The SMILES string of the molecule is Oc1cc(F)cn2nc(Br)nc12. The first kappa shape index (κ1) is 7.48. The van der Waals surface area contributed by atoms with Gasteiger partial charge in [-0.25, -0.2) is 8.91 Å². The van der Waals surface area contributed by atoms with Crippen LogP contribution >= 0.6 is 15.9 Å². The predicted octanol–water partition coefficient (Wildman–Crippen LogP) is 1.34. The molecular weight excluding hydrogens is 229 g/mol. The second-order valence-electron chi connectivity index (χ2n) is 2.19. The molecule has 0 saturated carbocycles. The molecule has 2 rings (SSSR count). The van der Waals surface area contributed by atoms with Crippen molar-refractivity contribution in [2.24, 2.45) is 0 Å². The van der Waals surface area contributed by atoms with E-state index in [0.717, 1.165) is 16.8 Å². The van der Waals surface area contributed by atoms with E-state index >= 15 is 0 Å². The molecule has 0 unspecified atom stereocenters. The minimum Gasteiger partial charge on any atom is -0.504 e. The summed E-state index contributed by atoms with van der Waals surface area (Å²) in [6.07, 6.45) is 1.13. The van der Waals surface area contributed by atoms with E-state index in [1.54, 1.807) is 0 Å². The van der Waals surface area contributed by atoms with Crippen molar-refractivity contribution in [3.63, 3.8) is 0 Å². The van der Waals surface area contributed by atoms with Gasteiger partial charge in [0, 0.05) is 6.07 Å². The van der Waals surface area contributed by atoms with Crippen LogP contribution in [0.15, 0.2) is 17.0 Å². The number of hydrogen-bond donors (Lipinski definition) is 1. The van der Waals surface area contributed by atoms with Crippen molar-refractivity contribution < 1.29 is 9.50 Å². The first-order chi connectivity index (χ1) is 5.66. The molecule has 12 heavy (non-hydrogen) atoms. The lowest BCUT2D eigenvalue weighted by Crippen LogP contribution is -1.88. The minimum atomic E-state index is -0.558. The molecule has 0 aliphatic carbocycles. The van der Waals surface area contributed by atoms with Crippen LogP contribution in [0, 0.1) is 5.82 Å². The molecule has 2 heterocycles. The van der Waals surface area contributed by atoms with Gasteiger partial charge in [0.15, 0.2) is 11.4 Å². The molecular formula is C6H3BrFN3O. The molecule has 4 nitrogen and oxygen atoms in total. The van der Waals surface area contributed by atoms with E-state index in [9.17, 15) is 9.50 Å². The van der Waals surface area contributed by atoms with Crippen LogP contribution in [0.4, 0.5) is 4.39 Å².